The Balaban J connectivity index is 2.98. The van der Waals surface area contributed by atoms with Crippen molar-refractivity contribution >= 4 is 17.9 Å². The number of hydrogen-bond acceptors (Lipinski definition) is 6. The first kappa shape index (κ1) is 17.7. The van der Waals surface area contributed by atoms with E-state index in [-0.39, 0.29) is 17.4 Å². The van der Waals surface area contributed by atoms with Crippen LogP contribution in [0.1, 0.15) is 52.0 Å². The van der Waals surface area contributed by atoms with Gasteiger partial charge in [0.15, 0.2) is 5.82 Å². The molecule has 0 fully saturated rings. The summed E-state index contributed by atoms with van der Waals surface area (Å²) >= 11 is 0. The van der Waals surface area contributed by atoms with Crippen molar-refractivity contribution in [2.24, 2.45) is 0 Å². The predicted octanol–water partition coefficient (Wildman–Crippen LogP) is 2.70. The van der Waals surface area contributed by atoms with Crippen molar-refractivity contribution in [1.82, 2.24) is 9.97 Å². The summed E-state index contributed by atoms with van der Waals surface area (Å²) < 4.78 is 10.5. The van der Waals surface area contributed by atoms with Crippen LogP contribution >= 0.6 is 0 Å². The number of carboxylic acids is 1. The second-order valence-corrected chi connectivity index (χ2v) is 6.56. The lowest BCUT2D eigenvalue weighted by Gasteiger charge is -2.21. The normalized spacial score (nSPS) is 11.7. The Morgan fingerprint density at radius 1 is 1.14 bits per heavy atom. The van der Waals surface area contributed by atoms with Crippen molar-refractivity contribution in [3.63, 3.8) is 0 Å². The number of nitrogens with one attached hydrogen (secondary N) is 1. The molecular formula is C14H21N3O5. The zero-order valence-corrected chi connectivity index (χ0v) is 13.6. The summed E-state index contributed by atoms with van der Waals surface area (Å²) in [6, 6.07) is 0. The van der Waals surface area contributed by atoms with E-state index in [1.807, 2.05) is 0 Å². The predicted molar refractivity (Wildman–Crippen MR) is 79.2 cm³/mol. The molecule has 8 nitrogen and oxygen atoms in total. The lowest BCUT2D eigenvalue weighted by molar-refractivity contribution is 0.0626. The second-order valence-electron chi connectivity index (χ2n) is 6.56. The standard InChI is InChI=1S/C14H21N3O5/c1-13(2,3)21-10-9(11(18)19)16-8(7-15-10)17-12(20)22-14(4,5)6/h7H,1-6H3,(H,18,19)(H,16,17,20). The van der Waals surface area contributed by atoms with Crippen LogP contribution in [0.15, 0.2) is 6.20 Å². The number of amides is 1. The molecule has 0 radical (unpaired) electrons. The molecule has 0 aromatic carbocycles. The highest BCUT2D eigenvalue weighted by Crippen LogP contribution is 2.21. The number of carbonyl (C=O) groups excluding carboxylic acids is 1. The minimum absolute atomic E-state index is 0.0343. The van der Waals surface area contributed by atoms with Gasteiger partial charge in [-0.2, -0.15) is 0 Å². The van der Waals surface area contributed by atoms with Gasteiger partial charge in [0.2, 0.25) is 11.6 Å². The van der Waals surface area contributed by atoms with Gasteiger partial charge in [-0.25, -0.2) is 19.6 Å². The Labute approximate surface area is 128 Å². The second kappa shape index (κ2) is 6.17. The van der Waals surface area contributed by atoms with Gasteiger partial charge < -0.3 is 14.6 Å². The summed E-state index contributed by atoms with van der Waals surface area (Å²) in [7, 11) is 0. The molecule has 0 spiro atoms. The number of hydrogen-bond donors (Lipinski definition) is 2. The van der Waals surface area contributed by atoms with Crippen LogP contribution in [-0.2, 0) is 4.74 Å². The van der Waals surface area contributed by atoms with Gasteiger partial charge in [-0.3, -0.25) is 5.32 Å². The number of anilines is 1. The first-order chi connectivity index (χ1) is 9.87. The Hall–Kier alpha value is -2.38. The summed E-state index contributed by atoms with van der Waals surface area (Å²) in [5.41, 5.74) is -1.69. The molecule has 0 aliphatic rings. The largest absolute Gasteiger partial charge is 0.476 e. The smallest absolute Gasteiger partial charge is 0.413 e. The number of aromatic carboxylic acids is 1. The fraction of sp³-hybridized carbons (Fsp3) is 0.571. The van der Waals surface area contributed by atoms with Crippen molar-refractivity contribution in [3.8, 4) is 5.88 Å². The maximum atomic E-state index is 11.6. The van der Waals surface area contributed by atoms with Crippen molar-refractivity contribution in [2.75, 3.05) is 5.32 Å². The highest BCUT2D eigenvalue weighted by molar-refractivity contribution is 5.89. The van der Waals surface area contributed by atoms with E-state index in [2.05, 4.69) is 15.3 Å². The summed E-state index contributed by atoms with van der Waals surface area (Å²) in [4.78, 5) is 30.6. The molecule has 1 rings (SSSR count). The van der Waals surface area contributed by atoms with Gasteiger partial charge in [-0.15, -0.1) is 0 Å². The fourth-order valence-corrected chi connectivity index (χ4v) is 1.35. The third kappa shape index (κ3) is 5.94. The van der Waals surface area contributed by atoms with E-state index in [1.54, 1.807) is 41.5 Å². The molecule has 1 aromatic rings. The number of aromatic nitrogens is 2. The van der Waals surface area contributed by atoms with Crippen LogP contribution in [0, 0.1) is 0 Å². The molecule has 2 N–H and O–H groups in total. The molecule has 22 heavy (non-hydrogen) atoms. The number of rotatable bonds is 3. The minimum Gasteiger partial charge on any atom is -0.476 e. The van der Waals surface area contributed by atoms with E-state index >= 15 is 0 Å². The van der Waals surface area contributed by atoms with E-state index in [4.69, 9.17) is 9.47 Å². The van der Waals surface area contributed by atoms with Crippen LogP contribution in [0.2, 0.25) is 0 Å². The summed E-state index contributed by atoms with van der Waals surface area (Å²) in [5, 5.41) is 11.5. The Bertz CT molecular complexity index is 573. The van der Waals surface area contributed by atoms with Gasteiger partial charge in [-0.1, -0.05) is 0 Å². The molecule has 0 atom stereocenters. The maximum Gasteiger partial charge on any atom is 0.413 e. The van der Waals surface area contributed by atoms with E-state index in [0.717, 1.165) is 0 Å². The molecule has 0 aliphatic heterocycles. The average molecular weight is 311 g/mol. The Morgan fingerprint density at radius 3 is 2.18 bits per heavy atom. The fourth-order valence-electron chi connectivity index (χ4n) is 1.35. The van der Waals surface area contributed by atoms with Crippen LogP contribution in [0.25, 0.3) is 0 Å². The van der Waals surface area contributed by atoms with Gasteiger partial charge in [0.05, 0.1) is 6.20 Å². The van der Waals surface area contributed by atoms with Crippen LogP contribution < -0.4 is 10.1 Å². The summed E-state index contributed by atoms with van der Waals surface area (Å²) in [5.74, 6) is -1.46. The van der Waals surface area contributed by atoms with Crippen molar-refractivity contribution < 1.29 is 24.2 Å². The summed E-state index contributed by atoms with van der Waals surface area (Å²) in [6.07, 6.45) is 0.458. The zero-order chi connectivity index (χ0) is 17.1. The molecule has 1 heterocycles. The molecule has 0 unspecified atom stereocenters. The molecule has 122 valence electrons. The van der Waals surface area contributed by atoms with Gasteiger partial charge in [0, 0.05) is 0 Å². The molecule has 8 heteroatoms. The first-order valence-corrected chi connectivity index (χ1v) is 6.67. The minimum atomic E-state index is -1.31. The maximum absolute atomic E-state index is 11.6. The number of nitrogens with zero attached hydrogens (tertiary/aromatic N) is 2. The van der Waals surface area contributed by atoms with Crippen molar-refractivity contribution in [1.29, 1.82) is 0 Å². The quantitative estimate of drug-likeness (QED) is 0.882. The zero-order valence-electron chi connectivity index (χ0n) is 13.6. The van der Waals surface area contributed by atoms with E-state index in [1.165, 1.54) is 6.20 Å². The van der Waals surface area contributed by atoms with Crippen molar-refractivity contribution in [3.05, 3.63) is 11.9 Å². The van der Waals surface area contributed by atoms with Gasteiger partial charge in [0.1, 0.15) is 11.2 Å². The third-order valence-electron chi connectivity index (χ3n) is 1.97. The summed E-state index contributed by atoms with van der Waals surface area (Å²) in [6.45, 7) is 10.4. The number of carboxylic acid groups (broad SMARTS) is 1. The number of ether oxygens (including phenoxy) is 2. The molecule has 1 amide bonds. The highest BCUT2D eigenvalue weighted by atomic mass is 16.6. The van der Waals surface area contributed by atoms with Gasteiger partial charge in [0.25, 0.3) is 0 Å². The van der Waals surface area contributed by atoms with Crippen LogP contribution in [0.4, 0.5) is 10.6 Å². The topological polar surface area (TPSA) is 111 Å². The lowest BCUT2D eigenvalue weighted by atomic mass is 10.2. The molecule has 0 aliphatic carbocycles. The average Bonchev–Trinajstić information content (AvgIpc) is 2.26. The Kier molecular flexibility index (Phi) is 4.95. The van der Waals surface area contributed by atoms with E-state index < -0.39 is 23.3 Å². The number of carbonyl (C=O) groups is 2. The molecule has 0 bridgehead atoms. The Morgan fingerprint density at radius 2 is 1.73 bits per heavy atom. The monoisotopic (exact) mass is 311 g/mol. The lowest BCUT2D eigenvalue weighted by Crippen LogP contribution is -2.28. The molecule has 1 aromatic heterocycles. The van der Waals surface area contributed by atoms with E-state index in [9.17, 15) is 14.7 Å². The molecule has 0 saturated carbocycles. The molecule has 0 saturated heterocycles. The highest BCUT2D eigenvalue weighted by Gasteiger charge is 2.23. The van der Waals surface area contributed by atoms with Crippen LogP contribution in [0.3, 0.4) is 0 Å². The van der Waals surface area contributed by atoms with Crippen LogP contribution in [-0.4, -0.2) is 38.3 Å². The van der Waals surface area contributed by atoms with Crippen LogP contribution in [0.5, 0.6) is 5.88 Å². The first-order valence-electron chi connectivity index (χ1n) is 6.67. The molecular weight excluding hydrogens is 290 g/mol. The van der Waals surface area contributed by atoms with Crippen molar-refractivity contribution in [2.45, 2.75) is 52.7 Å². The SMILES string of the molecule is CC(C)(C)OC(=O)Nc1cnc(OC(C)(C)C)c(C(=O)O)n1. The van der Waals surface area contributed by atoms with Gasteiger partial charge >= 0.3 is 12.1 Å². The van der Waals surface area contributed by atoms with Gasteiger partial charge in [-0.05, 0) is 41.5 Å². The van der Waals surface area contributed by atoms with E-state index in [0.29, 0.717) is 0 Å². The third-order valence-corrected chi connectivity index (χ3v) is 1.97.